The van der Waals surface area contributed by atoms with E-state index in [2.05, 4.69) is 15.0 Å². The molecule has 0 atom stereocenters. The fourth-order valence-electron chi connectivity index (χ4n) is 1.80. The van der Waals surface area contributed by atoms with Gasteiger partial charge in [-0.05, 0) is 25.1 Å². The van der Waals surface area contributed by atoms with Gasteiger partial charge in [0.05, 0.1) is 10.4 Å². The van der Waals surface area contributed by atoms with Crippen molar-refractivity contribution in [2.24, 2.45) is 0 Å². The van der Waals surface area contributed by atoms with E-state index in [1.54, 1.807) is 25.4 Å². The summed E-state index contributed by atoms with van der Waals surface area (Å²) in [6.07, 6.45) is 3.44. The molecule has 3 rings (SSSR count). The van der Waals surface area contributed by atoms with Crippen LogP contribution in [0, 0.1) is 6.92 Å². The van der Waals surface area contributed by atoms with E-state index in [1.807, 2.05) is 12.1 Å². The monoisotopic (exact) mass is 271 g/mol. The Hall–Kier alpha value is -2.34. The van der Waals surface area contributed by atoms with E-state index in [4.69, 9.17) is 5.11 Å². The van der Waals surface area contributed by atoms with Gasteiger partial charge in [0.1, 0.15) is 16.2 Å². The fraction of sp³-hybridized carbons (Fsp3) is 0.0769. The molecule has 5 nitrogen and oxygen atoms in total. The van der Waals surface area contributed by atoms with Crippen molar-refractivity contribution in [3.8, 4) is 10.6 Å². The number of hydrogen-bond donors (Lipinski definition) is 1. The number of carbonyl (C=O) groups is 1. The molecule has 3 heterocycles. The first-order chi connectivity index (χ1) is 9.15. The van der Waals surface area contributed by atoms with Gasteiger partial charge in [0.2, 0.25) is 0 Å². The van der Waals surface area contributed by atoms with Crippen molar-refractivity contribution in [3.05, 3.63) is 42.0 Å². The van der Waals surface area contributed by atoms with Gasteiger partial charge in [-0.15, -0.1) is 11.3 Å². The molecule has 0 aliphatic heterocycles. The van der Waals surface area contributed by atoms with Crippen LogP contribution in [-0.2, 0) is 0 Å². The van der Waals surface area contributed by atoms with Crippen molar-refractivity contribution < 1.29 is 9.90 Å². The van der Waals surface area contributed by atoms with Crippen LogP contribution < -0.4 is 0 Å². The third-order valence-electron chi connectivity index (χ3n) is 2.68. The molecule has 0 saturated heterocycles. The van der Waals surface area contributed by atoms with Crippen molar-refractivity contribution in [3.63, 3.8) is 0 Å². The summed E-state index contributed by atoms with van der Waals surface area (Å²) in [7, 11) is 0. The molecule has 19 heavy (non-hydrogen) atoms. The zero-order valence-corrected chi connectivity index (χ0v) is 10.8. The van der Waals surface area contributed by atoms with Crippen molar-refractivity contribution in [2.75, 3.05) is 0 Å². The van der Waals surface area contributed by atoms with E-state index in [0.29, 0.717) is 5.69 Å². The predicted octanol–water partition coefficient (Wildman–Crippen LogP) is 2.76. The van der Waals surface area contributed by atoms with Crippen LogP contribution in [0.4, 0.5) is 0 Å². The Balaban J connectivity index is 2.21. The normalized spacial score (nSPS) is 10.8. The molecule has 0 aliphatic rings. The second kappa shape index (κ2) is 4.40. The van der Waals surface area contributed by atoms with Gasteiger partial charge in [0, 0.05) is 18.0 Å². The number of carboxylic acid groups (broad SMARTS) is 1. The Bertz CT molecular complexity index is 768. The molecular formula is C13H9N3O2S. The van der Waals surface area contributed by atoms with E-state index in [1.165, 1.54) is 11.3 Å². The smallest absolute Gasteiger partial charge is 0.354 e. The number of pyridine rings is 2. The topological polar surface area (TPSA) is 76.0 Å². The third kappa shape index (κ3) is 2.06. The summed E-state index contributed by atoms with van der Waals surface area (Å²) >= 11 is 1.44. The number of fused-ring (bicyclic) bond motifs is 1. The van der Waals surface area contributed by atoms with Gasteiger partial charge in [-0.1, -0.05) is 0 Å². The molecule has 0 saturated carbocycles. The van der Waals surface area contributed by atoms with Crippen molar-refractivity contribution in [1.82, 2.24) is 15.0 Å². The first-order valence-electron chi connectivity index (χ1n) is 5.57. The van der Waals surface area contributed by atoms with Gasteiger partial charge < -0.3 is 5.11 Å². The lowest BCUT2D eigenvalue weighted by Gasteiger charge is -1.96. The molecule has 0 bridgehead atoms. The van der Waals surface area contributed by atoms with Gasteiger partial charge in [-0.2, -0.15) is 0 Å². The molecule has 1 N–H and O–H groups in total. The highest BCUT2D eigenvalue weighted by atomic mass is 32.1. The highest BCUT2D eigenvalue weighted by Crippen LogP contribution is 2.31. The number of thiazole rings is 1. The average Bonchev–Trinajstić information content (AvgIpc) is 2.84. The Morgan fingerprint density at radius 1 is 1.37 bits per heavy atom. The maximum atomic E-state index is 11.0. The minimum atomic E-state index is -1.03. The van der Waals surface area contributed by atoms with Crippen LogP contribution in [0.15, 0.2) is 30.6 Å². The Morgan fingerprint density at radius 3 is 2.89 bits per heavy atom. The fourth-order valence-corrected chi connectivity index (χ4v) is 2.85. The molecule has 0 radical (unpaired) electrons. The van der Waals surface area contributed by atoms with E-state index >= 15 is 0 Å². The highest BCUT2D eigenvalue weighted by Gasteiger charge is 2.13. The van der Waals surface area contributed by atoms with E-state index in [0.717, 1.165) is 20.8 Å². The van der Waals surface area contributed by atoms with E-state index in [-0.39, 0.29) is 5.69 Å². The van der Waals surface area contributed by atoms with E-state index < -0.39 is 5.97 Å². The second-order valence-electron chi connectivity index (χ2n) is 4.01. The lowest BCUT2D eigenvalue weighted by molar-refractivity contribution is 0.0690. The van der Waals surface area contributed by atoms with Crippen LogP contribution in [0.5, 0.6) is 0 Å². The molecule has 94 valence electrons. The van der Waals surface area contributed by atoms with Crippen molar-refractivity contribution >= 4 is 27.5 Å². The number of aromatic nitrogens is 3. The van der Waals surface area contributed by atoms with Gasteiger partial charge in [-0.3, -0.25) is 4.98 Å². The molecule has 0 aliphatic carbocycles. The molecule has 3 aromatic rings. The summed E-state index contributed by atoms with van der Waals surface area (Å²) in [6, 6.07) is 5.32. The predicted molar refractivity (Wildman–Crippen MR) is 72.3 cm³/mol. The van der Waals surface area contributed by atoms with Gasteiger partial charge >= 0.3 is 5.97 Å². The average molecular weight is 271 g/mol. The van der Waals surface area contributed by atoms with Crippen LogP contribution in [0.25, 0.3) is 20.8 Å². The number of aryl methyl sites for hydroxylation is 1. The molecule has 0 fully saturated rings. The zero-order valence-electron chi connectivity index (χ0n) is 9.99. The maximum absolute atomic E-state index is 11.0. The molecule has 0 aromatic carbocycles. The largest absolute Gasteiger partial charge is 0.477 e. The minimum absolute atomic E-state index is 0.0476. The number of rotatable bonds is 2. The highest BCUT2D eigenvalue weighted by molar-refractivity contribution is 7.21. The summed E-state index contributed by atoms with van der Waals surface area (Å²) in [4.78, 5) is 23.6. The third-order valence-corrected chi connectivity index (χ3v) is 3.73. The van der Waals surface area contributed by atoms with Gasteiger partial charge in [0.15, 0.2) is 0 Å². The summed E-state index contributed by atoms with van der Waals surface area (Å²) in [5.74, 6) is -1.03. The quantitative estimate of drug-likeness (QED) is 0.775. The first kappa shape index (κ1) is 11.7. The second-order valence-corrected chi connectivity index (χ2v) is 5.04. The lowest BCUT2D eigenvalue weighted by Crippen LogP contribution is -2.01. The molecule has 0 spiro atoms. The van der Waals surface area contributed by atoms with Crippen molar-refractivity contribution in [2.45, 2.75) is 6.92 Å². The Labute approximate surface area is 112 Å². The Morgan fingerprint density at radius 2 is 2.21 bits per heavy atom. The van der Waals surface area contributed by atoms with E-state index in [9.17, 15) is 4.79 Å². The van der Waals surface area contributed by atoms with Gasteiger partial charge in [0.25, 0.3) is 0 Å². The summed E-state index contributed by atoms with van der Waals surface area (Å²) < 4.78 is 0.823. The summed E-state index contributed by atoms with van der Waals surface area (Å²) in [6.45, 7) is 1.77. The van der Waals surface area contributed by atoms with Crippen LogP contribution in [0.1, 0.15) is 16.2 Å². The SMILES string of the molecule is Cc1nc(C(=O)O)cc2sc(-c3cccnc3)nc12. The van der Waals surface area contributed by atoms with Gasteiger partial charge in [-0.25, -0.2) is 14.8 Å². The van der Waals surface area contributed by atoms with Crippen LogP contribution in [0.3, 0.4) is 0 Å². The summed E-state index contributed by atoms with van der Waals surface area (Å²) in [5, 5.41) is 9.82. The van der Waals surface area contributed by atoms with Crippen LogP contribution >= 0.6 is 11.3 Å². The van der Waals surface area contributed by atoms with Crippen LogP contribution in [-0.4, -0.2) is 26.0 Å². The standard InChI is InChI=1S/C13H9N3O2S/c1-7-11-10(5-9(15-7)13(17)18)19-12(16-11)8-3-2-4-14-6-8/h2-6H,1H3,(H,17,18). The molecule has 6 heteroatoms. The van der Waals surface area contributed by atoms with Crippen molar-refractivity contribution in [1.29, 1.82) is 0 Å². The maximum Gasteiger partial charge on any atom is 0.354 e. The molecule has 0 amide bonds. The lowest BCUT2D eigenvalue weighted by atomic mass is 10.3. The molecule has 3 aromatic heterocycles. The number of nitrogens with zero attached hydrogens (tertiary/aromatic N) is 3. The zero-order chi connectivity index (χ0) is 13.4. The first-order valence-corrected chi connectivity index (χ1v) is 6.38. The Kier molecular flexibility index (Phi) is 2.72. The number of hydrogen-bond acceptors (Lipinski definition) is 5. The number of carboxylic acids is 1. The number of aromatic carboxylic acids is 1. The summed E-state index contributed by atoms with van der Waals surface area (Å²) in [5.41, 5.74) is 2.33. The molecule has 0 unspecified atom stereocenters. The molecular weight excluding hydrogens is 262 g/mol. The van der Waals surface area contributed by atoms with Crippen LogP contribution in [0.2, 0.25) is 0 Å². The minimum Gasteiger partial charge on any atom is -0.477 e.